The van der Waals surface area contributed by atoms with Crippen LogP contribution >= 0.6 is 0 Å². The summed E-state index contributed by atoms with van der Waals surface area (Å²) in [5, 5.41) is 0. The lowest BCUT2D eigenvalue weighted by atomic mass is 9.79. The molecule has 1 aliphatic carbocycles. The Morgan fingerprint density at radius 2 is 0.698 bits per heavy atom. The summed E-state index contributed by atoms with van der Waals surface area (Å²) >= 11 is 0. The van der Waals surface area contributed by atoms with E-state index in [-0.39, 0.29) is 24.1 Å². The SMILES string of the molecule is CCCCCCCCCCCCCCCOC(=O)C1CC2OC2CC1C(=O)OCCCCCCCCCCCCCCC. The monoisotopic (exact) mass is 607 g/mol. The van der Waals surface area contributed by atoms with Crippen molar-refractivity contribution in [3.05, 3.63) is 0 Å². The molecule has 43 heavy (non-hydrogen) atoms. The van der Waals surface area contributed by atoms with Crippen molar-refractivity contribution in [2.45, 2.75) is 206 Å². The summed E-state index contributed by atoms with van der Waals surface area (Å²) in [4.78, 5) is 25.8. The number of hydrogen-bond donors (Lipinski definition) is 0. The fourth-order valence-corrected chi connectivity index (χ4v) is 6.74. The van der Waals surface area contributed by atoms with Gasteiger partial charge in [0.05, 0.1) is 37.3 Å². The Bertz CT molecular complexity index is 623. The standard InChI is InChI=1S/C38H70O5/c1-3-5-7-9-11-13-15-17-19-21-23-25-27-29-41-37(39)33-31-35-36(43-35)32-34(33)38(40)42-30-28-26-24-22-20-18-16-14-12-10-8-6-4-2/h33-36H,3-32H2,1-2H3. The number of fused-ring (bicyclic) bond motifs is 1. The third kappa shape index (κ3) is 19.1. The van der Waals surface area contributed by atoms with Gasteiger partial charge in [0, 0.05) is 0 Å². The molecular formula is C38H70O5. The normalized spacial score (nSPS) is 21.0. The zero-order chi connectivity index (χ0) is 30.8. The van der Waals surface area contributed by atoms with Gasteiger partial charge in [0.25, 0.3) is 0 Å². The third-order valence-electron chi connectivity index (χ3n) is 9.74. The molecule has 1 aliphatic heterocycles. The van der Waals surface area contributed by atoms with Gasteiger partial charge in [-0.1, -0.05) is 168 Å². The maximum Gasteiger partial charge on any atom is 0.309 e. The van der Waals surface area contributed by atoms with Crippen molar-refractivity contribution >= 4 is 11.9 Å². The molecule has 1 saturated carbocycles. The second-order valence-corrected chi connectivity index (χ2v) is 13.7. The van der Waals surface area contributed by atoms with Crippen molar-refractivity contribution < 1.29 is 23.8 Å². The van der Waals surface area contributed by atoms with Crippen LogP contribution in [0.4, 0.5) is 0 Å². The quantitative estimate of drug-likeness (QED) is 0.0462. The molecule has 0 aromatic rings. The number of unbranched alkanes of at least 4 members (excludes halogenated alkanes) is 24. The van der Waals surface area contributed by atoms with Crippen LogP contribution in [0, 0.1) is 11.8 Å². The highest BCUT2D eigenvalue weighted by molar-refractivity contribution is 5.82. The van der Waals surface area contributed by atoms with E-state index in [1.165, 1.54) is 141 Å². The Labute approximate surface area is 266 Å². The Kier molecular flexibility index (Phi) is 23.2. The molecule has 1 heterocycles. The fourth-order valence-electron chi connectivity index (χ4n) is 6.74. The van der Waals surface area contributed by atoms with Crippen LogP contribution < -0.4 is 0 Å². The molecule has 0 aromatic heterocycles. The highest BCUT2D eigenvalue weighted by Gasteiger charge is 2.53. The number of carbonyl (C=O) groups is 2. The first kappa shape index (κ1) is 38.1. The molecule has 0 spiro atoms. The molecule has 1 saturated heterocycles. The number of hydrogen-bond acceptors (Lipinski definition) is 5. The molecule has 5 nitrogen and oxygen atoms in total. The van der Waals surface area contributed by atoms with E-state index in [2.05, 4.69) is 13.8 Å². The van der Waals surface area contributed by atoms with Crippen LogP contribution in [-0.2, 0) is 23.8 Å². The fraction of sp³-hybridized carbons (Fsp3) is 0.947. The molecule has 2 aliphatic rings. The highest BCUT2D eigenvalue weighted by Crippen LogP contribution is 2.43. The Hall–Kier alpha value is -1.10. The van der Waals surface area contributed by atoms with Gasteiger partial charge in [-0.25, -0.2) is 0 Å². The maximum atomic E-state index is 12.9. The first-order valence-corrected chi connectivity index (χ1v) is 19.2. The molecule has 2 fully saturated rings. The van der Waals surface area contributed by atoms with Gasteiger partial charge < -0.3 is 14.2 Å². The average molecular weight is 607 g/mol. The number of epoxide rings is 1. The predicted octanol–water partition coefficient (Wildman–Crippen LogP) is 11.0. The average Bonchev–Trinajstić information content (AvgIpc) is 3.79. The molecule has 5 heteroatoms. The number of ether oxygens (including phenoxy) is 3. The van der Waals surface area contributed by atoms with Crippen LogP contribution in [0.2, 0.25) is 0 Å². The summed E-state index contributed by atoms with van der Waals surface area (Å²) < 4.78 is 17.0. The van der Waals surface area contributed by atoms with Crippen LogP contribution in [0.1, 0.15) is 194 Å². The second kappa shape index (κ2) is 26.1. The highest BCUT2D eigenvalue weighted by atomic mass is 16.6. The molecule has 0 radical (unpaired) electrons. The Morgan fingerprint density at radius 1 is 0.442 bits per heavy atom. The van der Waals surface area contributed by atoms with Crippen molar-refractivity contribution in [2.24, 2.45) is 11.8 Å². The van der Waals surface area contributed by atoms with Crippen LogP contribution in [0.15, 0.2) is 0 Å². The third-order valence-corrected chi connectivity index (χ3v) is 9.74. The molecule has 0 N–H and O–H groups in total. The van der Waals surface area contributed by atoms with Crippen LogP contribution in [0.5, 0.6) is 0 Å². The summed E-state index contributed by atoms with van der Waals surface area (Å²) in [7, 11) is 0. The smallest absolute Gasteiger partial charge is 0.309 e. The van der Waals surface area contributed by atoms with E-state index in [4.69, 9.17) is 14.2 Å². The van der Waals surface area contributed by atoms with Crippen molar-refractivity contribution in [1.82, 2.24) is 0 Å². The van der Waals surface area contributed by atoms with Gasteiger partial charge in [0.1, 0.15) is 0 Å². The lowest BCUT2D eigenvalue weighted by molar-refractivity contribution is -0.162. The first-order chi connectivity index (χ1) is 21.2. The van der Waals surface area contributed by atoms with Crippen molar-refractivity contribution in [1.29, 1.82) is 0 Å². The van der Waals surface area contributed by atoms with E-state index in [1.54, 1.807) is 0 Å². The zero-order valence-corrected chi connectivity index (χ0v) is 28.6. The molecule has 2 rings (SSSR count). The molecule has 252 valence electrons. The molecule has 4 atom stereocenters. The van der Waals surface area contributed by atoms with Crippen LogP contribution in [0.3, 0.4) is 0 Å². The molecule has 0 amide bonds. The summed E-state index contributed by atoms with van der Waals surface area (Å²) in [5.74, 6) is -1.28. The van der Waals surface area contributed by atoms with Crippen LogP contribution in [0.25, 0.3) is 0 Å². The molecular weight excluding hydrogens is 536 g/mol. The molecule has 0 bridgehead atoms. The molecule has 4 unspecified atom stereocenters. The van der Waals surface area contributed by atoms with E-state index >= 15 is 0 Å². The topological polar surface area (TPSA) is 65.1 Å². The van der Waals surface area contributed by atoms with Gasteiger partial charge in [0.15, 0.2) is 0 Å². The number of rotatable bonds is 30. The predicted molar refractivity (Wildman–Crippen MR) is 178 cm³/mol. The summed E-state index contributed by atoms with van der Waals surface area (Å²) in [5.41, 5.74) is 0. The maximum absolute atomic E-state index is 12.9. The van der Waals surface area contributed by atoms with Crippen molar-refractivity contribution in [3.8, 4) is 0 Å². The van der Waals surface area contributed by atoms with Crippen molar-refractivity contribution in [2.75, 3.05) is 13.2 Å². The number of esters is 2. The summed E-state index contributed by atoms with van der Waals surface area (Å²) in [6.07, 6.45) is 35.2. The Balaban J connectivity index is 1.44. The van der Waals surface area contributed by atoms with Gasteiger partial charge in [-0.15, -0.1) is 0 Å². The van der Waals surface area contributed by atoms with Gasteiger partial charge in [0.2, 0.25) is 0 Å². The zero-order valence-electron chi connectivity index (χ0n) is 28.6. The van der Waals surface area contributed by atoms with Gasteiger partial charge in [-0.05, 0) is 25.7 Å². The minimum atomic E-state index is -0.412. The molecule has 0 aromatic carbocycles. The lowest BCUT2D eigenvalue weighted by Gasteiger charge is -2.26. The van der Waals surface area contributed by atoms with Gasteiger partial charge in [-0.3, -0.25) is 9.59 Å². The van der Waals surface area contributed by atoms with Crippen molar-refractivity contribution in [3.63, 3.8) is 0 Å². The van der Waals surface area contributed by atoms with E-state index < -0.39 is 11.8 Å². The lowest BCUT2D eigenvalue weighted by Crippen LogP contribution is -2.37. The minimum Gasteiger partial charge on any atom is -0.465 e. The van der Waals surface area contributed by atoms with Gasteiger partial charge >= 0.3 is 11.9 Å². The largest absolute Gasteiger partial charge is 0.465 e. The minimum absolute atomic E-state index is 0.124. The van der Waals surface area contributed by atoms with E-state index in [9.17, 15) is 9.59 Å². The summed E-state index contributed by atoms with van der Waals surface area (Å²) in [6, 6.07) is 0. The van der Waals surface area contributed by atoms with E-state index in [0.717, 1.165) is 25.7 Å². The number of carbonyl (C=O) groups excluding carboxylic acids is 2. The Morgan fingerprint density at radius 3 is 0.977 bits per heavy atom. The second-order valence-electron chi connectivity index (χ2n) is 13.7. The summed E-state index contributed by atoms with van der Waals surface area (Å²) in [6.45, 7) is 5.47. The first-order valence-electron chi connectivity index (χ1n) is 19.2. The van der Waals surface area contributed by atoms with E-state index in [1.807, 2.05) is 0 Å². The van der Waals surface area contributed by atoms with E-state index in [0.29, 0.717) is 26.1 Å². The van der Waals surface area contributed by atoms with Gasteiger partial charge in [-0.2, -0.15) is 0 Å². The van der Waals surface area contributed by atoms with Crippen LogP contribution in [-0.4, -0.2) is 37.4 Å².